The van der Waals surface area contributed by atoms with Crippen molar-refractivity contribution in [1.82, 2.24) is 46.3 Å². The van der Waals surface area contributed by atoms with Crippen LogP contribution in [0, 0.1) is 12.8 Å². The molecular weight excluding hydrogens is 739 g/mol. The average molecular weight is 800 g/mol. The van der Waals surface area contributed by atoms with Crippen LogP contribution in [0.25, 0.3) is 0 Å². The first-order chi connectivity index (χ1) is 27.4. The summed E-state index contributed by atoms with van der Waals surface area (Å²) in [4.78, 5) is 41.0. The molecule has 0 bridgehead atoms. The maximum atomic E-state index is 6.23. The van der Waals surface area contributed by atoms with Crippen molar-refractivity contribution in [2.24, 2.45) is 35.9 Å². The second-order valence-electron chi connectivity index (χ2n) is 15.4. The van der Waals surface area contributed by atoms with Crippen molar-refractivity contribution in [3.05, 3.63) is 69.1 Å². The summed E-state index contributed by atoms with van der Waals surface area (Å²) in [6.07, 6.45) is 3.44. The summed E-state index contributed by atoms with van der Waals surface area (Å²) in [5.41, 5.74) is 2.26. The van der Waals surface area contributed by atoms with Gasteiger partial charge in [0.05, 0.1) is 19.1 Å². The lowest BCUT2D eigenvalue weighted by Gasteiger charge is -2.29. The molecule has 0 aliphatic carbocycles. The quantitative estimate of drug-likeness (QED) is 0.158. The van der Waals surface area contributed by atoms with Crippen molar-refractivity contribution in [3.8, 4) is 0 Å². The van der Waals surface area contributed by atoms with Crippen LogP contribution in [0.4, 0.5) is 0 Å². The zero-order valence-corrected chi connectivity index (χ0v) is 35.8. The molecule has 4 atom stereocenters. The smallest absolute Gasteiger partial charge is 0.202 e. The van der Waals surface area contributed by atoms with Crippen LogP contribution in [0.5, 0.6) is 0 Å². The molecule has 0 aromatic carbocycles. The van der Waals surface area contributed by atoms with Crippen LogP contribution in [-0.4, -0.2) is 115 Å². The minimum absolute atomic E-state index is 0.0257. The Balaban J connectivity index is 0.967. The van der Waals surface area contributed by atoms with E-state index < -0.39 is 0 Å². The number of aliphatic imine (C=N–C) groups is 6. The average Bonchev–Trinajstić information content (AvgIpc) is 3.95. The van der Waals surface area contributed by atoms with Gasteiger partial charge < -0.3 is 40.1 Å². The van der Waals surface area contributed by atoms with E-state index in [2.05, 4.69) is 105 Å². The predicted octanol–water partition coefficient (Wildman–Crippen LogP) is 4.05. The van der Waals surface area contributed by atoms with E-state index in [1.165, 1.54) is 9.75 Å². The maximum absolute atomic E-state index is 6.23. The number of rotatable bonds is 12. The van der Waals surface area contributed by atoms with Gasteiger partial charge in [0.1, 0.15) is 36.2 Å². The molecule has 57 heavy (non-hydrogen) atoms. The third-order valence-electron chi connectivity index (χ3n) is 10.1. The molecule has 0 saturated carbocycles. The van der Waals surface area contributed by atoms with Gasteiger partial charge in [-0.2, -0.15) is 0 Å². The van der Waals surface area contributed by atoms with Crippen LogP contribution < -0.4 is 26.6 Å². The molecule has 0 spiro atoms. The molecule has 6 rings (SSSR count). The third kappa shape index (κ3) is 12.1. The first kappa shape index (κ1) is 41.3. The van der Waals surface area contributed by atoms with Crippen molar-refractivity contribution in [3.63, 3.8) is 0 Å². The summed E-state index contributed by atoms with van der Waals surface area (Å²) in [5.74, 6) is 7.01. The summed E-state index contributed by atoms with van der Waals surface area (Å²) < 4.78 is 6.23. The first-order valence-electron chi connectivity index (χ1n) is 20.0. The van der Waals surface area contributed by atoms with Gasteiger partial charge in [-0.05, 0) is 82.9 Å². The number of thiophene rings is 1. The molecule has 6 heterocycles. The topological polar surface area (TPSA) is 173 Å². The molecule has 3 aromatic heterocycles. The fourth-order valence-corrected chi connectivity index (χ4v) is 7.36. The van der Waals surface area contributed by atoms with Gasteiger partial charge in [0, 0.05) is 75.3 Å². The second kappa shape index (κ2) is 19.2. The van der Waals surface area contributed by atoms with E-state index in [0.717, 1.165) is 91.4 Å². The number of nitrogens with one attached hydrogen (secondary N) is 6. The Bertz CT molecular complexity index is 1980. The summed E-state index contributed by atoms with van der Waals surface area (Å²) in [6.45, 7) is 13.7. The van der Waals surface area contributed by atoms with Crippen LogP contribution >= 0.6 is 11.3 Å². The van der Waals surface area contributed by atoms with E-state index >= 15 is 0 Å². The lowest BCUT2D eigenvalue weighted by Crippen LogP contribution is -2.54. The van der Waals surface area contributed by atoms with E-state index in [1.807, 2.05) is 45.0 Å². The van der Waals surface area contributed by atoms with E-state index in [-0.39, 0.29) is 18.4 Å². The van der Waals surface area contributed by atoms with Crippen LogP contribution in [0.1, 0.15) is 73.2 Å². The molecule has 6 N–H and O–H groups in total. The molecular formula is C40H61N15OS. The highest BCUT2D eigenvalue weighted by molar-refractivity contribution is 7.12. The van der Waals surface area contributed by atoms with Gasteiger partial charge in [-0.3, -0.25) is 15.6 Å². The van der Waals surface area contributed by atoms with Gasteiger partial charge in [-0.25, -0.2) is 25.0 Å². The summed E-state index contributed by atoms with van der Waals surface area (Å²) in [5, 5.41) is 16.8. The molecule has 4 unspecified atom stereocenters. The van der Waals surface area contributed by atoms with Crippen molar-refractivity contribution in [2.45, 2.75) is 98.3 Å². The number of amidine groups is 1. The molecule has 3 aliphatic heterocycles. The SMILES string of the molecule is Cc1ccc(CN=C2CCC(C)C(C)N=C(N(C)CCc3ccc(CN=C4NC(N(C)CCc5ccc(CN=C6NC(N(C)C)=NC(C)N6)s5)=NC(C)N4)o3)N2)[nH]1. The summed E-state index contributed by atoms with van der Waals surface area (Å²) in [6, 6.07) is 12.8. The number of guanidine groups is 5. The van der Waals surface area contributed by atoms with Gasteiger partial charge in [0.2, 0.25) is 11.9 Å². The third-order valence-corrected chi connectivity index (χ3v) is 11.2. The molecule has 308 valence electrons. The van der Waals surface area contributed by atoms with Crippen LogP contribution in [0.15, 0.2) is 70.8 Å². The van der Waals surface area contributed by atoms with E-state index in [9.17, 15) is 0 Å². The highest BCUT2D eigenvalue weighted by atomic mass is 32.1. The number of aromatic amines is 1. The lowest BCUT2D eigenvalue weighted by molar-refractivity contribution is 0.412. The molecule has 0 amide bonds. The normalized spacial score (nSPS) is 23.2. The van der Waals surface area contributed by atoms with E-state index in [0.29, 0.717) is 31.5 Å². The minimum Gasteiger partial charge on any atom is -0.464 e. The highest BCUT2D eigenvalue weighted by Gasteiger charge is 2.22. The molecule has 17 heteroatoms. The number of likely N-dealkylation sites (N-methyl/N-ethyl adjacent to an activating group) is 2. The molecule has 16 nitrogen and oxygen atoms in total. The second-order valence-corrected chi connectivity index (χ2v) is 16.6. The number of furan rings is 1. The minimum atomic E-state index is -0.112. The van der Waals surface area contributed by atoms with Crippen molar-refractivity contribution >= 4 is 47.0 Å². The van der Waals surface area contributed by atoms with Crippen LogP contribution in [0.2, 0.25) is 0 Å². The fraction of sp³-hybridized carbons (Fsp3) is 0.550. The Hall–Kier alpha value is -5.32. The Kier molecular flexibility index (Phi) is 13.9. The zero-order valence-electron chi connectivity index (χ0n) is 35.0. The van der Waals surface area contributed by atoms with Crippen molar-refractivity contribution < 1.29 is 4.42 Å². The van der Waals surface area contributed by atoms with Crippen molar-refractivity contribution in [1.29, 1.82) is 0 Å². The first-order valence-corrected chi connectivity index (χ1v) is 20.8. The molecule has 3 aliphatic rings. The Morgan fingerprint density at radius 3 is 2.07 bits per heavy atom. The predicted molar refractivity (Wildman–Crippen MR) is 233 cm³/mol. The molecule has 0 fully saturated rings. The highest BCUT2D eigenvalue weighted by Crippen LogP contribution is 2.20. The zero-order chi connectivity index (χ0) is 40.5. The number of aryl methyl sites for hydroxylation is 1. The van der Waals surface area contributed by atoms with Gasteiger partial charge in [0.25, 0.3) is 0 Å². The fourth-order valence-electron chi connectivity index (χ4n) is 6.43. The number of hydrogen-bond donors (Lipinski definition) is 6. The standard InChI is InChI=1S/C40H61N15OS/c1-25-10-17-35(41-22-30-12-11-26(2)44-30)50-39(45-27(25)3)54(8)20-18-31-13-14-32(56-31)23-42-36-47-29(5)49-40(52-36)55(9)21-19-33-15-16-34(57-33)24-43-37-46-28(4)48-38(51-37)53(6)7/h11-16,25,27-29,44H,10,17-24H2,1-9H3,(H,41,45,50)(H2,42,47,49,52)(H2,43,46,48,51). The van der Waals surface area contributed by atoms with Gasteiger partial charge in [-0.1, -0.05) is 6.92 Å². The van der Waals surface area contributed by atoms with Gasteiger partial charge >= 0.3 is 0 Å². The van der Waals surface area contributed by atoms with E-state index in [4.69, 9.17) is 29.4 Å². The van der Waals surface area contributed by atoms with E-state index in [1.54, 1.807) is 11.3 Å². The van der Waals surface area contributed by atoms with Crippen molar-refractivity contribution in [2.75, 3.05) is 41.3 Å². The summed E-state index contributed by atoms with van der Waals surface area (Å²) >= 11 is 1.79. The molecule has 0 radical (unpaired) electrons. The Labute approximate surface area is 341 Å². The number of nitrogens with zero attached hydrogens (tertiary/aromatic N) is 9. The summed E-state index contributed by atoms with van der Waals surface area (Å²) in [7, 11) is 8.06. The van der Waals surface area contributed by atoms with Gasteiger partial charge in [0.15, 0.2) is 17.9 Å². The molecule has 3 aromatic rings. The number of aromatic nitrogens is 1. The number of H-pyrrole nitrogens is 1. The van der Waals surface area contributed by atoms with Crippen LogP contribution in [-0.2, 0) is 32.5 Å². The lowest BCUT2D eigenvalue weighted by atomic mass is 9.97. The Morgan fingerprint density at radius 1 is 0.702 bits per heavy atom. The monoisotopic (exact) mass is 799 g/mol. The Morgan fingerprint density at radius 2 is 1.35 bits per heavy atom. The molecule has 0 saturated heterocycles. The van der Waals surface area contributed by atoms with Crippen LogP contribution in [0.3, 0.4) is 0 Å². The van der Waals surface area contributed by atoms with Gasteiger partial charge in [-0.15, -0.1) is 11.3 Å². The number of hydrogen-bond acceptors (Lipinski definition) is 11. The maximum Gasteiger partial charge on any atom is 0.202 e. The largest absolute Gasteiger partial charge is 0.464 e.